The molecule has 1 heterocycles. The molecule has 1 aromatic carbocycles. The van der Waals surface area contributed by atoms with Crippen LogP contribution in [0.5, 0.6) is 5.75 Å². The SMILES string of the molecule is COc1cc(NCc2ccc[nH]2)ccc1NC(C)=O. The Hall–Kier alpha value is -2.43. The van der Waals surface area contributed by atoms with Crippen LogP contribution in [0.1, 0.15) is 12.6 Å². The zero-order valence-electron chi connectivity index (χ0n) is 11.0. The maximum atomic E-state index is 11.1. The number of carbonyl (C=O) groups is 1. The van der Waals surface area contributed by atoms with Gasteiger partial charge >= 0.3 is 0 Å². The summed E-state index contributed by atoms with van der Waals surface area (Å²) < 4.78 is 5.26. The van der Waals surface area contributed by atoms with Crippen molar-refractivity contribution in [3.8, 4) is 5.75 Å². The molecule has 2 aromatic rings. The lowest BCUT2D eigenvalue weighted by Gasteiger charge is -2.12. The van der Waals surface area contributed by atoms with Crippen molar-refractivity contribution in [1.82, 2.24) is 4.98 Å². The standard InChI is InChI=1S/C14H17N3O2/c1-10(18)17-13-6-5-11(8-14(13)19-2)16-9-12-4-3-7-15-12/h3-8,15-16H,9H2,1-2H3,(H,17,18). The number of aromatic nitrogens is 1. The van der Waals surface area contributed by atoms with Crippen molar-refractivity contribution in [3.63, 3.8) is 0 Å². The molecule has 0 aliphatic heterocycles. The van der Waals surface area contributed by atoms with Crippen LogP contribution < -0.4 is 15.4 Å². The highest BCUT2D eigenvalue weighted by atomic mass is 16.5. The van der Waals surface area contributed by atoms with E-state index < -0.39 is 0 Å². The zero-order chi connectivity index (χ0) is 13.7. The van der Waals surface area contributed by atoms with Gasteiger partial charge in [0.1, 0.15) is 5.75 Å². The van der Waals surface area contributed by atoms with Crippen molar-refractivity contribution in [2.75, 3.05) is 17.7 Å². The highest BCUT2D eigenvalue weighted by Gasteiger charge is 2.05. The predicted molar refractivity (Wildman–Crippen MR) is 75.4 cm³/mol. The van der Waals surface area contributed by atoms with Crippen molar-refractivity contribution in [1.29, 1.82) is 0 Å². The minimum atomic E-state index is -0.120. The van der Waals surface area contributed by atoms with Gasteiger partial charge in [-0.15, -0.1) is 0 Å². The number of methoxy groups -OCH3 is 1. The van der Waals surface area contributed by atoms with E-state index in [1.54, 1.807) is 7.11 Å². The van der Waals surface area contributed by atoms with Crippen LogP contribution >= 0.6 is 0 Å². The van der Waals surface area contributed by atoms with Gasteiger partial charge in [-0.1, -0.05) is 0 Å². The lowest BCUT2D eigenvalue weighted by Crippen LogP contribution is -2.07. The normalized spacial score (nSPS) is 10.0. The first-order valence-electron chi connectivity index (χ1n) is 6.01. The third kappa shape index (κ3) is 3.51. The van der Waals surface area contributed by atoms with E-state index >= 15 is 0 Å². The Balaban J connectivity index is 2.07. The van der Waals surface area contributed by atoms with E-state index in [0.29, 0.717) is 18.0 Å². The lowest BCUT2D eigenvalue weighted by atomic mass is 10.2. The lowest BCUT2D eigenvalue weighted by molar-refractivity contribution is -0.114. The van der Waals surface area contributed by atoms with Crippen molar-refractivity contribution in [2.45, 2.75) is 13.5 Å². The van der Waals surface area contributed by atoms with Crippen molar-refractivity contribution in [2.24, 2.45) is 0 Å². The van der Waals surface area contributed by atoms with Gasteiger partial charge in [0, 0.05) is 30.6 Å². The first-order chi connectivity index (χ1) is 9.19. The zero-order valence-corrected chi connectivity index (χ0v) is 11.0. The van der Waals surface area contributed by atoms with Gasteiger partial charge in [0.25, 0.3) is 0 Å². The Bertz CT molecular complexity index is 550. The van der Waals surface area contributed by atoms with Crippen LogP contribution in [-0.2, 0) is 11.3 Å². The van der Waals surface area contributed by atoms with E-state index in [0.717, 1.165) is 11.4 Å². The molecule has 0 fully saturated rings. The number of H-pyrrole nitrogens is 1. The van der Waals surface area contributed by atoms with Crippen molar-refractivity contribution < 1.29 is 9.53 Å². The summed E-state index contributed by atoms with van der Waals surface area (Å²) in [6.45, 7) is 2.17. The fraction of sp³-hybridized carbons (Fsp3) is 0.214. The van der Waals surface area contributed by atoms with E-state index in [9.17, 15) is 4.79 Å². The van der Waals surface area contributed by atoms with Crippen LogP contribution in [0, 0.1) is 0 Å². The van der Waals surface area contributed by atoms with Gasteiger partial charge in [0.2, 0.25) is 5.91 Å². The van der Waals surface area contributed by atoms with Gasteiger partial charge in [0.05, 0.1) is 19.3 Å². The Morgan fingerprint density at radius 1 is 1.37 bits per heavy atom. The second-order valence-electron chi connectivity index (χ2n) is 4.15. The van der Waals surface area contributed by atoms with Gasteiger partial charge < -0.3 is 20.4 Å². The predicted octanol–water partition coefficient (Wildman–Crippen LogP) is 2.59. The molecule has 19 heavy (non-hydrogen) atoms. The number of aromatic amines is 1. The molecule has 0 saturated carbocycles. The molecule has 0 saturated heterocycles. The van der Waals surface area contributed by atoms with E-state index in [4.69, 9.17) is 4.74 Å². The van der Waals surface area contributed by atoms with Gasteiger partial charge in [-0.3, -0.25) is 4.79 Å². The molecule has 3 N–H and O–H groups in total. The third-order valence-electron chi connectivity index (χ3n) is 2.66. The molecule has 5 heteroatoms. The van der Waals surface area contributed by atoms with Gasteiger partial charge in [-0.25, -0.2) is 0 Å². The number of rotatable bonds is 5. The molecule has 1 aromatic heterocycles. The summed E-state index contributed by atoms with van der Waals surface area (Å²) in [5.41, 5.74) is 2.70. The number of nitrogens with one attached hydrogen (secondary N) is 3. The molecule has 0 unspecified atom stereocenters. The minimum absolute atomic E-state index is 0.120. The van der Waals surface area contributed by atoms with E-state index in [1.807, 2.05) is 36.5 Å². The Morgan fingerprint density at radius 3 is 2.84 bits per heavy atom. The van der Waals surface area contributed by atoms with Crippen LogP contribution in [0.15, 0.2) is 36.5 Å². The number of hydrogen-bond donors (Lipinski definition) is 3. The maximum Gasteiger partial charge on any atom is 0.221 e. The fourth-order valence-corrected chi connectivity index (χ4v) is 1.77. The molecule has 2 rings (SSSR count). The largest absolute Gasteiger partial charge is 0.494 e. The molecular weight excluding hydrogens is 242 g/mol. The van der Waals surface area contributed by atoms with Crippen molar-refractivity contribution >= 4 is 17.3 Å². The molecule has 0 bridgehead atoms. The maximum absolute atomic E-state index is 11.1. The Labute approximate surface area is 112 Å². The smallest absolute Gasteiger partial charge is 0.221 e. The second kappa shape index (κ2) is 5.95. The molecule has 0 spiro atoms. The highest BCUT2D eigenvalue weighted by molar-refractivity contribution is 5.90. The summed E-state index contributed by atoms with van der Waals surface area (Å²) >= 11 is 0. The van der Waals surface area contributed by atoms with Crippen molar-refractivity contribution in [3.05, 3.63) is 42.2 Å². The third-order valence-corrected chi connectivity index (χ3v) is 2.66. The quantitative estimate of drug-likeness (QED) is 0.773. The summed E-state index contributed by atoms with van der Waals surface area (Å²) in [5, 5.41) is 6.00. The van der Waals surface area contributed by atoms with Crippen LogP contribution in [0.2, 0.25) is 0 Å². The van der Waals surface area contributed by atoms with E-state index in [1.165, 1.54) is 6.92 Å². The molecular formula is C14H17N3O2. The number of hydrogen-bond acceptors (Lipinski definition) is 3. The number of ether oxygens (including phenoxy) is 1. The van der Waals surface area contributed by atoms with Crippen LogP contribution in [0.4, 0.5) is 11.4 Å². The van der Waals surface area contributed by atoms with E-state index in [-0.39, 0.29) is 5.91 Å². The summed E-state index contributed by atoms with van der Waals surface area (Å²) in [6, 6.07) is 9.54. The first-order valence-corrected chi connectivity index (χ1v) is 6.01. The highest BCUT2D eigenvalue weighted by Crippen LogP contribution is 2.28. The van der Waals surface area contributed by atoms with Crippen LogP contribution in [0.3, 0.4) is 0 Å². The van der Waals surface area contributed by atoms with Crippen LogP contribution in [0.25, 0.3) is 0 Å². The number of benzene rings is 1. The second-order valence-corrected chi connectivity index (χ2v) is 4.15. The Morgan fingerprint density at radius 2 is 2.21 bits per heavy atom. The van der Waals surface area contributed by atoms with Crippen LogP contribution in [-0.4, -0.2) is 18.0 Å². The topological polar surface area (TPSA) is 66.2 Å². The monoisotopic (exact) mass is 259 g/mol. The molecule has 0 atom stereocenters. The number of carbonyl (C=O) groups excluding carboxylic acids is 1. The van der Waals surface area contributed by atoms with E-state index in [2.05, 4.69) is 15.6 Å². The van der Waals surface area contributed by atoms with Gasteiger partial charge in [0.15, 0.2) is 0 Å². The molecule has 0 aliphatic carbocycles. The van der Waals surface area contributed by atoms with Gasteiger partial charge in [-0.2, -0.15) is 0 Å². The molecule has 5 nitrogen and oxygen atoms in total. The fourth-order valence-electron chi connectivity index (χ4n) is 1.77. The molecule has 100 valence electrons. The summed E-state index contributed by atoms with van der Waals surface area (Å²) in [7, 11) is 1.58. The Kier molecular flexibility index (Phi) is 4.07. The average Bonchev–Trinajstić information content (AvgIpc) is 2.90. The average molecular weight is 259 g/mol. The number of anilines is 2. The first kappa shape index (κ1) is 13.0. The minimum Gasteiger partial charge on any atom is -0.494 e. The summed E-state index contributed by atoms with van der Waals surface area (Å²) in [5.74, 6) is 0.511. The van der Waals surface area contributed by atoms with Gasteiger partial charge in [-0.05, 0) is 24.3 Å². The number of amides is 1. The summed E-state index contributed by atoms with van der Waals surface area (Å²) in [4.78, 5) is 14.2. The molecule has 0 radical (unpaired) electrons. The molecule has 0 aliphatic rings. The molecule has 1 amide bonds. The summed E-state index contributed by atoms with van der Waals surface area (Å²) in [6.07, 6.45) is 1.89.